The van der Waals surface area contributed by atoms with Crippen LogP contribution in [0.25, 0.3) is 0 Å². The van der Waals surface area contributed by atoms with E-state index in [1.807, 2.05) is 6.08 Å². The predicted octanol–water partition coefficient (Wildman–Crippen LogP) is -0.845. The van der Waals surface area contributed by atoms with E-state index in [-0.39, 0.29) is 5.92 Å². The van der Waals surface area contributed by atoms with Crippen molar-refractivity contribution in [3.8, 4) is 0 Å². The molecule has 23 heavy (non-hydrogen) atoms. The summed E-state index contributed by atoms with van der Waals surface area (Å²) in [6.07, 6.45) is -3.26. The first-order chi connectivity index (χ1) is 10.7. The van der Waals surface area contributed by atoms with E-state index in [2.05, 4.69) is 13.8 Å². The fourth-order valence-electron chi connectivity index (χ4n) is 3.02. The van der Waals surface area contributed by atoms with Crippen LogP contribution in [0, 0.1) is 11.8 Å². The Bertz CT molecular complexity index is 425. The molecule has 7 nitrogen and oxygen atoms in total. The number of hydrogen-bond acceptors (Lipinski definition) is 7. The SMILES string of the molecule is CC(C)C1C=CC(C)(O[C@@H]2O[C@H](CO)[C@@H](O)[C@H](O)[C@H]2O)C(O)C1. The van der Waals surface area contributed by atoms with Crippen LogP contribution in [0.1, 0.15) is 27.2 Å². The summed E-state index contributed by atoms with van der Waals surface area (Å²) in [5, 5.41) is 49.3. The molecule has 8 atom stereocenters. The summed E-state index contributed by atoms with van der Waals surface area (Å²) in [6, 6.07) is 0. The smallest absolute Gasteiger partial charge is 0.187 e. The molecule has 0 amide bonds. The molecule has 1 heterocycles. The largest absolute Gasteiger partial charge is 0.394 e. The molecule has 134 valence electrons. The molecule has 0 saturated carbocycles. The van der Waals surface area contributed by atoms with Crippen molar-refractivity contribution in [2.75, 3.05) is 6.61 Å². The molecule has 1 fully saturated rings. The molecule has 1 aliphatic carbocycles. The molecule has 0 bridgehead atoms. The Hall–Kier alpha value is -0.540. The molecule has 2 aliphatic rings. The third kappa shape index (κ3) is 3.76. The molecule has 2 rings (SSSR count). The highest BCUT2D eigenvalue weighted by Gasteiger charge is 2.48. The predicted molar refractivity (Wildman–Crippen MR) is 81.3 cm³/mol. The van der Waals surface area contributed by atoms with Crippen molar-refractivity contribution in [3.05, 3.63) is 12.2 Å². The van der Waals surface area contributed by atoms with E-state index in [0.717, 1.165) is 0 Å². The molecule has 0 spiro atoms. The molecule has 7 heteroatoms. The van der Waals surface area contributed by atoms with Gasteiger partial charge in [0.2, 0.25) is 0 Å². The fraction of sp³-hybridized carbons (Fsp3) is 0.875. The number of ether oxygens (including phenoxy) is 2. The van der Waals surface area contributed by atoms with Gasteiger partial charge in [-0.1, -0.05) is 26.0 Å². The van der Waals surface area contributed by atoms with Crippen molar-refractivity contribution in [2.45, 2.75) is 69.6 Å². The zero-order valence-corrected chi connectivity index (χ0v) is 13.7. The Morgan fingerprint density at radius 1 is 1.17 bits per heavy atom. The van der Waals surface area contributed by atoms with Crippen molar-refractivity contribution in [1.82, 2.24) is 0 Å². The highest BCUT2D eigenvalue weighted by molar-refractivity contribution is 5.12. The van der Waals surface area contributed by atoms with Gasteiger partial charge in [0.25, 0.3) is 0 Å². The van der Waals surface area contributed by atoms with Crippen LogP contribution in [0.4, 0.5) is 0 Å². The van der Waals surface area contributed by atoms with E-state index in [1.165, 1.54) is 0 Å². The lowest BCUT2D eigenvalue weighted by atomic mass is 9.79. The summed E-state index contributed by atoms with van der Waals surface area (Å²) in [5.41, 5.74) is -1.08. The van der Waals surface area contributed by atoms with Crippen molar-refractivity contribution in [1.29, 1.82) is 0 Å². The Labute approximate surface area is 136 Å². The van der Waals surface area contributed by atoms with Crippen molar-refractivity contribution in [2.24, 2.45) is 11.8 Å². The average Bonchev–Trinajstić information content (AvgIpc) is 2.50. The van der Waals surface area contributed by atoms with Crippen LogP contribution < -0.4 is 0 Å². The van der Waals surface area contributed by atoms with Gasteiger partial charge in [0.1, 0.15) is 30.0 Å². The molecular formula is C16H28O7. The quantitative estimate of drug-likeness (QED) is 0.426. The minimum atomic E-state index is -1.50. The normalized spacial score (nSPS) is 48.0. The van der Waals surface area contributed by atoms with E-state index in [1.54, 1.807) is 13.0 Å². The van der Waals surface area contributed by atoms with Gasteiger partial charge in [0, 0.05) is 0 Å². The van der Waals surface area contributed by atoms with Crippen molar-refractivity contribution in [3.63, 3.8) is 0 Å². The number of aliphatic hydroxyl groups is 5. The van der Waals surface area contributed by atoms with Crippen molar-refractivity contribution >= 4 is 0 Å². The fourth-order valence-corrected chi connectivity index (χ4v) is 3.02. The lowest BCUT2D eigenvalue weighted by Crippen LogP contribution is -2.61. The first-order valence-electron chi connectivity index (χ1n) is 8.05. The molecule has 3 unspecified atom stereocenters. The summed E-state index contributed by atoms with van der Waals surface area (Å²) in [4.78, 5) is 0. The summed E-state index contributed by atoms with van der Waals surface area (Å²) in [7, 11) is 0. The second-order valence-electron chi connectivity index (χ2n) is 7.02. The molecule has 0 radical (unpaired) electrons. The second-order valence-corrected chi connectivity index (χ2v) is 7.02. The monoisotopic (exact) mass is 332 g/mol. The molecular weight excluding hydrogens is 304 g/mol. The highest BCUT2D eigenvalue weighted by atomic mass is 16.7. The Kier molecular flexibility index (Phi) is 5.84. The van der Waals surface area contributed by atoms with Gasteiger partial charge in [-0.15, -0.1) is 0 Å². The van der Waals surface area contributed by atoms with E-state index < -0.39 is 49.0 Å². The number of hydrogen-bond donors (Lipinski definition) is 5. The van der Waals surface area contributed by atoms with E-state index >= 15 is 0 Å². The van der Waals surface area contributed by atoms with Gasteiger partial charge in [-0.2, -0.15) is 0 Å². The van der Waals surface area contributed by atoms with Crippen LogP contribution >= 0.6 is 0 Å². The first kappa shape index (κ1) is 18.8. The van der Waals surface area contributed by atoms with Gasteiger partial charge in [-0.25, -0.2) is 0 Å². The van der Waals surface area contributed by atoms with Crippen LogP contribution in [-0.2, 0) is 9.47 Å². The highest BCUT2D eigenvalue weighted by Crippen LogP contribution is 2.35. The number of rotatable bonds is 4. The van der Waals surface area contributed by atoms with Crippen LogP contribution in [0.5, 0.6) is 0 Å². The molecule has 0 aromatic rings. The maximum absolute atomic E-state index is 10.4. The molecule has 5 N–H and O–H groups in total. The zero-order chi connectivity index (χ0) is 17.4. The van der Waals surface area contributed by atoms with E-state index in [0.29, 0.717) is 12.3 Å². The topological polar surface area (TPSA) is 120 Å². The zero-order valence-electron chi connectivity index (χ0n) is 13.7. The third-order valence-electron chi connectivity index (χ3n) is 4.91. The van der Waals surface area contributed by atoms with Gasteiger partial charge < -0.3 is 35.0 Å². The van der Waals surface area contributed by atoms with Crippen LogP contribution in [0.3, 0.4) is 0 Å². The molecule has 1 saturated heterocycles. The maximum Gasteiger partial charge on any atom is 0.187 e. The van der Waals surface area contributed by atoms with E-state index in [4.69, 9.17) is 9.47 Å². The van der Waals surface area contributed by atoms with Crippen LogP contribution in [0.15, 0.2) is 12.2 Å². The standard InChI is InChI=1S/C16H28O7/c1-8(2)9-4-5-16(3,11(18)6-9)23-15-14(21)13(20)12(19)10(7-17)22-15/h4-5,8-15,17-21H,6-7H2,1-3H3/t9?,10-,11?,12-,13+,14-,15+,16?/m1/s1. The second kappa shape index (κ2) is 7.14. The lowest BCUT2D eigenvalue weighted by Gasteiger charge is -2.45. The maximum atomic E-state index is 10.4. The minimum Gasteiger partial charge on any atom is -0.394 e. The van der Waals surface area contributed by atoms with Crippen LogP contribution in [0.2, 0.25) is 0 Å². The molecule has 0 aromatic carbocycles. The number of allylic oxidation sites excluding steroid dienone is 1. The summed E-state index contributed by atoms with van der Waals surface area (Å²) >= 11 is 0. The van der Waals surface area contributed by atoms with E-state index in [9.17, 15) is 25.5 Å². The third-order valence-corrected chi connectivity index (χ3v) is 4.91. The van der Waals surface area contributed by atoms with Gasteiger partial charge in [0.15, 0.2) is 6.29 Å². The average molecular weight is 332 g/mol. The van der Waals surface area contributed by atoms with Gasteiger partial charge in [-0.3, -0.25) is 0 Å². The Morgan fingerprint density at radius 2 is 1.83 bits per heavy atom. The minimum absolute atomic E-state index is 0.233. The summed E-state index contributed by atoms with van der Waals surface area (Å²) in [5.74, 6) is 0.620. The van der Waals surface area contributed by atoms with Crippen molar-refractivity contribution < 1.29 is 35.0 Å². The molecule has 1 aliphatic heterocycles. The van der Waals surface area contributed by atoms with Gasteiger partial charge >= 0.3 is 0 Å². The lowest BCUT2D eigenvalue weighted by molar-refractivity contribution is -0.327. The van der Waals surface area contributed by atoms with Crippen LogP contribution in [-0.4, -0.2) is 74.6 Å². The summed E-state index contributed by atoms with van der Waals surface area (Å²) < 4.78 is 11.1. The number of aliphatic hydroxyl groups excluding tert-OH is 5. The Balaban J connectivity index is 2.12. The van der Waals surface area contributed by atoms with Gasteiger partial charge in [0.05, 0.1) is 12.7 Å². The molecule has 0 aromatic heterocycles. The van der Waals surface area contributed by atoms with Gasteiger partial charge in [-0.05, 0) is 25.2 Å². The summed E-state index contributed by atoms with van der Waals surface area (Å²) in [6.45, 7) is 5.30. The Morgan fingerprint density at radius 3 is 2.35 bits per heavy atom. The first-order valence-corrected chi connectivity index (χ1v) is 8.05.